The number of nitrogens with two attached hydrogens (primary N) is 1. The summed E-state index contributed by atoms with van der Waals surface area (Å²) < 4.78 is 23.1. The van der Waals surface area contributed by atoms with Crippen molar-refractivity contribution in [1.29, 1.82) is 0 Å². The fourth-order valence-electron chi connectivity index (χ4n) is 1.35. The third kappa shape index (κ3) is 1.62. The van der Waals surface area contributed by atoms with Crippen LogP contribution in [0.15, 0.2) is 0 Å². The molecule has 0 bridgehead atoms. The van der Waals surface area contributed by atoms with E-state index in [0.29, 0.717) is 0 Å². The third-order valence-electron chi connectivity index (χ3n) is 2.88. The average molecular weight is 264 g/mol. The summed E-state index contributed by atoms with van der Waals surface area (Å²) in [6.45, 7) is 6.23. The zero-order valence-corrected chi connectivity index (χ0v) is 11.4. The maximum absolute atomic E-state index is 11.8. The number of rotatable bonds is 3. The van der Waals surface area contributed by atoms with E-state index in [2.05, 4.69) is 0 Å². The first-order valence-electron chi connectivity index (χ1n) is 4.81. The van der Waals surface area contributed by atoms with Crippen LogP contribution in [0, 0.1) is 5.41 Å². The third-order valence-corrected chi connectivity index (χ3v) is 5.77. The van der Waals surface area contributed by atoms with Gasteiger partial charge in [0.05, 0.1) is 4.99 Å². The van der Waals surface area contributed by atoms with E-state index in [0.717, 1.165) is 4.31 Å². The molecule has 5 nitrogen and oxygen atoms in total. The lowest BCUT2D eigenvalue weighted by Crippen LogP contribution is -2.69. The highest BCUT2D eigenvalue weighted by molar-refractivity contribution is 7.94. The second-order valence-electron chi connectivity index (χ2n) is 5.08. The van der Waals surface area contributed by atoms with E-state index in [1.807, 2.05) is 0 Å². The van der Waals surface area contributed by atoms with Crippen molar-refractivity contribution >= 4 is 33.1 Å². The van der Waals surface area contributed by atoms with Gasteiger partial charge in [0.2, 0.25) is 0 Å². The van der Waals surface area contributed by atoms with Crippen LogP contribution < -0.4 is 5.73 Å². The molecule has 0 aromatic heterocycles. The Kier molecular flexibility index (Phi) is 2.84. The summed E-state index contributed by atoms with van der Waals surface area (Å²) in [6, 6.07) is 0. The number of sulfonamides is 1. The van der Waals surface area contributed by atoms with Crippen molar-refractivity contribution in [3.8, 4) is 0 Å². The average Bonchev–Trinajstić information content (AvgIpc) is 2.12. The van der Waals surface area contributed by atoms with Gasteiger partial charge in [-0.2, -0.15) is 0 Å². The van der Waals surface area contributed by atoms with Gasteiger partial charge in [-0.3, -0.25) is 4.79 Å². The van der Waals surface area contributed by atoms with Crippen molar-refractivity contribution in [2.75, 3.05) is 6.54 Å². The van der Waals surface area contributed by atoms with Gasteiger partial charge in [0.1, 0.15) is 0 Å². The molecule has 1 amide bonds. The molecule has 1 fully saturated rings. The van der Waals surface area contributed by atoms with Crippen LogP contribution >= 0.6 is 12.2 Å². The lowest BCUT2D eigenvalue weighted by atomic mass is 9.93. The van der Waals surface area contributed by atoms with Gasteiger partial charge in [-0.05, 0) is 13.8 Å². The molecule has 1 heterocycles. The van der Waals surface area contributed by atoms with Crippen LogP contribution in [0.4, 0.5) is 0 Å². The number of nitrogens with zero attached hydrogens (tertiary/aromatic N) is 1. The van der Waals surface area contributed by atoms with Gasteiger partial charge in [-0.25, -0.2) is 12.7 Å². The summed E-state index contributed by atoms with van der Waals surface area (Å²) in [5.41, 5.74) is 4.81. The number of carbonyl (C=O) groups excluding carboxylic acids is 1. The van der Waals surface area contributed by atoms with E-state index < -0.39 is 26.1 Å². The molecular weight excluding hydrogens is 248 g/mol. The van der Waals surface area contributed by atoms with Crippen LogP contribution in [0.5, 0.6) is 0 Å². The van der Waals surface area contributed by atoms with Crippen LogP contribution in [-0.4, -0.2) is 34.9 Å². The van der Waals surface area contributed by atoms with Crippen molar-refractivity contribution in [1.82, 2.24) is 4.31 Å². The van der Waals surface area contributed by atoms with Crippen molar-refractivity contribution in [3.05, 3.63) is 0 Å². The Morgan fingerprint density at radius 2 is 1.94 bits per heavy atom. The van der Waals surface area contributed by atoms with Gasteiger partial charge < -0.3 is 5.73 Å². The minimum Gasteiger partial charge on any atom is -0.393 e. The fraction of sp³-hybridized carbons (Fsp3) is 0.778. The second kappa shape index (κ2) is 3.40. The number of thiocarbonyl (C=S) groups is 1. The topological polar surface area (TPSA) is 80.5 Å². The molecule has 0 aromatic rings. The zero-order valence-electron chi connectivity index (χ0n) is 9.77. The summed E-state index contributed by atoms with van der Waals surface area (Å²) in [5.74, 6) is -0.406. The summed E-state index contributed by atoms with van der Waals surface area (Å²) in [5, 5.41) is 0. The van der Waals surface area contributed by atoms with Crippen molar-refractivity contribution in [3.63, 3.8) is 0 Å². The maximum Gasteiger partial charge on any atom is 0.258 e. The molecule has 1 saturated heterocycles. The SMILES string of the molecule is CC(C)(CN1C(=O)C(C)(C)S1(=O)=O)C(N)=S. The normalized spacial score (nSPS) is 22.8. The Morgan fingerprint density at radius 1 is 1.50 bits per heavy atom. The summed E-state index contributed by atoms with van der Waals surface area (Å²) in [7, 11) is -3.55. The number of carbonyl (C=O) groups is 1. The van der Waals surface area contributed by atoms with Gasteiger partial charge >= 0.3 is 0 Å². The number of amides is 1. The van der Waals surface area contributed by atoms with Crippen LogP contribution in [0.1, 0.15) is 27.7 Å². The molecule has 92 valence electrons. The zero-order chi connectivity index (χ0) is 12.9. The highest BCUT2D eigenvalue weighted by Gasteiger charge is 2.60. The van der Waals surface area contributed by atoms with E-state index in [4.69, 9.17) is 18.0 Å². The number of hydrogen-bond donors (Lipinski definition) is 1. The largest absolute Gasteiger partial charge is 0.393 e. The van der Waals surface area contributed by atoms with Gasteiger partial charge in [0.15, 0.2) is 4.75 Å². The first-order valence-corrected chi connectivity index (χ1v) is 6.66. The maximum atomic E-state index is 11.8. The van der Waals surface area contributed by atoms with E-state index in [1.165, 1.54) is 13.8 Å². The predicted molar refractivity (Wildman–Crippen MR) is 65.3 cm³/mol. The smallest absolute Gasteiger partial charge is 0.258 e. The first kappa shape index (κ1) is 13.4. The number of hydrogen-bond acceptors (Lipinski definition) is 4. The summed E-state index contributed by atoms with van der Waals surface area (Å²) >= 11 is 4.84. The second-order valence-corrected chi connectivity index (χ2v) is 7.93. The lowest BCUT2D eigenvalue weighted by molar-refractivity contribution is -0.132. The van der Waals surface area contributed by atoms with Crippen LogP contribution in [0.3, 0.4) is 0 Å². The van der Waals surface area contributed by atoms with E-state index in [1.54, 1.807) is 13.8 Å². The Morgan fingerprint density at radius 3 is 2.25 bits per heavy atom. The predicted octanol–water partition coefficient (Wildman–Crippen LogP) is 0.249. The van der Waals surface area contributed by atoms with Crippen molar-refractivity contribution < 1.29 is 13.2 Å². The Balaban J connectivity index is 2.97. The van der Waals surface area contributed by atoms with Gasteiger partial charge in [-0.1, -0.05) is 26.1 Å². The molecule has 0 aromatic carbocycles. The van der Waals surface area contributed by atoms with E-state index >= 15 is 0 Å². The quantitative estimate of drug-likeness (QED) is 0.739. The molecule has 1 rings (SSSR count). The Labute approximate surface area is 101 Å². The Bertz CT molecular complexity index is 451. The Hall–Kier alpha value is -0.690. The summed E-state index contributed by atoms with van der Waals surface area (Å²) in [6.07, 6.45) is 0. The molecule has 2 N–H and O–H groups in total. The molecular formula is C9H16N2O3S2. The van der Waals surface area contributed by atoms with Crippen LogP contribution in [0.2, 0.25) is 0 Å². The molecule has 0 radical (unpaired) electrons. The summed E-state index contributed by atoms with van der Waals surface area (Å²) in [4.78, 5) is 11.9. The van der Waals surface area contributed by atoms with Gasteiger partial charge in [0, 0.05) is 12.0 Å². The van der Waals surface area contributed by atoms with Crippen molar-refractivity contribution in [2.45, 2.75) is 32.4 Å². The van der Waals surface area contributed by atoms with Crippen LogP contribution in [0.25, 0.3) is 0 Å². The van der Waals surface area contributed by atoms with Crippen LogP contribution in [-0.2, 0) is 14.8 Å². The first-order chi connectivity index (χ1) is 6.94. The van der Waals surface area contributed by atoms with Crippen molar-refractivity contribution in [2.24, 2.45) is 11.1 Å². The molecule has 0 spiro atoms. The highest BCUT2D eigenvalue weighted by atomic mass is 32.2. The molecule has 0 unspecified atom stereocenters. The molecule has 1 aliphatic rings. The minimum atomic E-state index is -3.55. The van der Waals surface area contributed by atoms with Gasteiger partial charge in [-0.15, -0.1) is 0 Å². The minimum absolute atomic E-state index is 0.00687. The fourth-order valence-corrected chi connectivity index (χ4v) is 3.10. The lowest BCUT2D eigenvalue weighted by Gasteiger charge is -2.45. The molecule has 7 heteroatoms. The van der Waals surface area contributed by atoms with E-state index in [-0.39, 0.29) is 11.5 Å². The monoisotopic (exact) mass is 264 g/mol. The molecule has 1 aliphatic heterocycles. The van der Waals surface area contributed by atoms with Gasteiger partial charge in [0.25, 0.3) is 15.9 Å². The van der Waals surface area contributed by atoms with E-state index in [9.17, 15) is 13.2 Å². The molecule has 16 heavy (non-hydrogen) atoms. The molecule has 0 aliphatic carbocycles. The molecule has 0 atom stereocenters. The standard InChI is InChI=1S/C9H16N2O3S2/c1-8(2,6(10)15)5-11-7(12)9(3,4)16(11,13)14/h5H2,1-4H3,(H2,10,15). The highest BCUT2D eigenvalue weighted by Crippen LogP contribution is 2.37. The molecule has 0 saturated carbocycles.